The van der Waals surface area contributed by atoms with E-state index >= 15 is 0 Å². The van der Waals surface area contributed by atoms with Gasteiger partial charge < -0.3 is 10.2 Å². The van der Waals surface area contributed by atoms with Gasteiger partial charge in [-0.2, -0.15) is 4.31 Å². The Labute approximate surface area is 192 Å². The first-order chi connectivity index (χ1) is 15.4. The minimum atomic E-state index is -3.64. The monoisotopic (exact) mass is 457 g/mol. The minimum Gasteiger partial charge on any atom is -0.371 e. The second-order valence-corrected chi connectivity index (χ2v) is 10.3. The molecule has 7 heteroatoms. The summed E-state index contributed by atoms with van der Waals surface area (Å²) in [7, 11) is -3.64. The van der Waals surface area contributed by atoms with Crippen molar-refractivity contribution in [1.29, 1.82) is 0 Å². The Morgan fingerprint density at radius 3 is 2.34 bits per heavy atom. The first kappa shape index (κ1) is 24.3. The van der Waals surface area contributed by atoms with Crippen molar-refractivity contribution in [2.75, 3.05) is 31.1 Å². The largest absolute Gasteiger partial charge is 0.371 e. The molecule has 1 unspecified atom stereocenters. The number of carbonyl (C=O) groups is 1. The molecule has 1 aliphatic heterocycles. The molecule has 1 fully saturated rings. The van der Waals surface area contributed by atoms with Crippen molar-refractivity contribution in [2.24, 2.45) is 0 Å². The Kier molecular flexibility index (Phi) is 8.32. The topological polar surface area (TPSA) is 69.7 Å². The number of sulfonamides is 1. The van der Waals surface area contributed by atoms with E-state index in [9.17, 15) is 13.2 Å². The Balaban J connectivity index is 1.83. The van der Waals surface area contributed by atoms with Crippen molar-refractivity contribution < 1.29 is 13.2 Å². The van der Waals surface area contributed by atoms with E-state index in [4.69, 9.17) is 0 Å². The predicted octanol–water partition coefficient (Wildman–Crippen LogP) is 4.07. The fraction of sp³-hybridized carbons (Fsp3) is 0.480. The van der Waals surface area contributed by atoms with Crippen LogP contribution in [0.25, 0.3) is 0 Å². The Morgan fingerprint density at radius 1 is 1.06 bits per heavy atom. The van der Waals surface area contributed by atoms with Crippen molar-refractivity contribution in [1.82, 2.24) is 9.62 Å². The van der Waals surface area contributed by atoms with Crippen LogP contribution < -0.4 is 10.2 Å². The van der Waals surface area contributed by atoms with Crippen LogP contribution in [0.4, 0.5) is 5.69 Å². The van der Waals surface area contributed by atoms with E-state index in [-0.39, 0.29) is 16.8 Å². The van der Waals surface area contributed by atoms with Crippen molar-refractivity contribution in [3.63, 3.8) is 0 Å². The average Bonchev–Trinajstić information content (AvgIpc) is 3.33. The minimum absolute atomic E-state index is 0.0304. The molecule has 0 spiro atoms. The molecule has 0 bridgehead atoms. The second-order valence-electron chi connectivity index (χ2n) is 8.36. The van der Waals surface area contributed by atoms with Gasteiger partial charge in [0.1, 0.15) is 0 Å². The Morgan fingerprint density at radius 2 is 1.72 bits per heavy atom. The summed E-state index contributed by atoms with van der Waals surface area (Å²) in [6.45, 7) is 8.18. The van der Waals surface area contributed by atoms with E-state index in [1.165, 1.54) is 9.87 Å². The van der Waals surface area contributed by atoms with E-state index in [1.54, 1.807) is 18.2 Å². The number of nitrogens with one attached hydrogen (secondary N) is 1. The molecule has 0 aliphatic carbocycles. The highest BCUT2D eigenvalue weighted by Crippen LogP contribution is 2.28. The zero-order valence-corrected chi connectivity index (χ0v) is 20.2. The molecule has 174 valence electrons. The first-order valence-corrected chi connectivity index (χ1v) is 13.0. The summed E-state index contributed by atoms with van der Waals surface area (Å²) in [6, 6.07) is 15.2. The molecule has 1 N–H and O–H groups in total. The van der Waals surface area contributed by atoms with Gasteiger partial charge in [-0.25, -0.2) is 8.42 Å². The highest BCUT2D eigenvalue weighted by molar-refractivity contribution is 7.89. The lowest BCUT2D eigenvalue weighted by atomic mass is 10.1. The van der Waals surface area contributed by atoms with E-state index in [2.05, 4.69) is 22.3 Å². The molecule has 2 aromatic rings. The number of benzene rings is 2. The molecule has 1 saturated heterocycles. The molecular formula is C25H35N3O3S. The van der Waals surface area contributed by atoms with Gasteiger partial charge >= 0.3 is 0 Å². The summed E-state index contributed by atoms with van der Waals surface area (Å²) in [5, 5.41) is 3.09. The number of hydrogen-bond donors (Lipinski definition) is 1. The van der Waals surface area contributed by atoms with Crippen LogP contribution in [0.1, 0.15) is 56.0 Å². The van der Waals surface area contributed by atoms with Crippen LogP contribution in [0.2, 0.25) is 0 Å². The fourth-order valence-electron chi connectivity index (χ4n) is 4.21. The molecular weight excluding hydrogens is 422 g/mol. The van der Waals surface area contributed by atoms with E-state index < -0.39 is 10.0 Å². The van der Waals surface area contributed by atoms with E-state index in [0.717, 1.165) is 44.5 Å². The molecule has 1 atom stereocenters. The number of anilines is 1. The Bertz CT molecular complexity index is 998. The second kappa shape index (κ2) is 11.0. The third-order valence-corrected chi connectivity index (χ3v) is 8.13. The van der Waals surface area contributed by atoms with Crippen LogP contribution in [0.15, 0.2) is 53.4 Å². The van der Waals surface area contributed by atoms with Crippen LogP contribution in [0.3, 0.4) is 0 Å². The highest BCUT2D eigenvalue weighted by atomic mass is 32.2. The molecule has 1 aliphatic rings. The molecule has 0 radical (unpaired) electrons. The molecule has 1 amide bonds. The summed E-state index contributed by atoms with van der Waals surface area (Å²) in [5.74, 6) is -0.218. The smallest absolute Gasteiger partial charge is 0.253 e. The summed E-state index contributed by atoms with van der Waals surface area (Å²) >= 11 is 0. The SMILES string of the molecule is CCN(CC)S(=O)(=O)c1ccc(N2CCCC2)c(C(=O)NC(C)CCc2ccccc2)c1. The maximum absolute atomic E-state index is 13.3. The maximum Gasteiger partial charge on any atom is 0.253 e. The zero-order chi connectivity index (χ0) is 23.1. The summed E-state index contributed by atoms with van der Waals surface area (Å²) in [4.78, 5) is 15.6. The number of nitrogens with zero attached hydrogens (tertiary/aromatic N) is 2. The number of hydrogen-bond acceptors (Lipinski definition) is 4. The molecule has 2 aromatic carbocycles. The summed E-state index contributed by atoms with van der Waals surface area (Å²) in [5.41, 5.74) is 2.49. The van der Waals surface area contributed by atoms with Gasteiger partial charge in [-0.1, -0.05) is 44.2 Å². The lowest BCUT2D eigenvalue weighted by Crippen LogP contribution is -2.35. The summed E-state index contributed by atoms with van der Waals surface area (Å²) in [6.07, 6.45) is 3.84. The third-order valence-electron chi connectivity index (χ3n) is 6.09. The number of carbonyl (C=O) groups excluding carboxylic acids is 1. The zero-order valence-electron chi connectivity index (χ0n) is 19.4. The Hall–Kier alpha value is -2.38. The fourth-order valence-corrected chi connectivity index (χ4v) is 5.69. The van der Waals surface area contributed by atoms with E-state index in [1.807, 2.05) is 39.0 Å². The van der Waals surface area contributed by atoms with Crippen molar-refractivity contribution in [3.05, 3.63) is 59.7 Å². The summed E-state index contributed by atoms with van der Waals surface area (Å²) < 4.78 is 27.5. The standard InChI is InChI=1S/C25H35N3O3S/c1-4-28(5-2)32(30,31)22-15-16-24(27-17-9-10-18-27)23(19-22)25(29)26-20(3)13-14-21-11-7-6-8-12-21/h6-8,11-12,15-16,19-20H,4-5,9-10,13-14,17-18H2,1-3H3,(H,26,29). The van der Waals surface area contributed by atoms with Gasteiger partial charge in [-0.15, -0.1) is 0 Å². The predicted molar refractivity (Wildman–Crippen MR) is 130 cm³/mol. The molecule has 1 heterocycles. The lowest BCUT2D eigenvalue weighted by molar-refractivity contribution is 0.0938. The van der Waals surface area contributed by atoms with E-state index in [0.29, 0.717) is 18.7 Å². The van der Waals surface area contributed by atoms with Crippen LogP contribution in [0.5, 0.6) is 0 Å². The van der Waals surface area contributed by atoms with Crippen molar-refractivity contribution in [3.8, 4) is 0 Å². The molecule has 6 nitrogen and oxygen atoms in total. The number of rotatable bonds is 10. The molecule has 32 heavy (non-hydrogen) atoms. The molecule has 3 rings (SSSR count). The van der Waals surface area contributed by atoms with Crippen LogP contribution in [-0.4, -0.2) is 50.9 Å². The van der Waals surface area contributed by atoms with Gasteiger partial charge in [-0.05, 0) is 56.4 Å². The normalized spacial score (nSPS) is 15.2. The van der Waals surface area contributed by atoms with Gasteiger partial charge in [0.2, 0.25) is 10.0 Å². The highest BCUT2D eigenvalue weighted by Gasteiger charge is 2.26. The number of amides is 1. The van der Waals surface area contributed by atoms with Crippen LogP contribution >= 0.6 is 0 Å². The maximum atomic E-state index is 13.3. The van der Waals surface area contributed by atoms with Crippen LogP contribution in [0, 0.1) is 0 Å². The van der Waals surface area contributed by atoms with Gasteiger partial charge in [0, 0.05) is 37.9 Å². The lowest BCUT2D eigenvalue weighted by Gasteiger charge is -2.24. The van der Waals surface area contributed by atoms with Gasteiger partial charge in [0.05, 0.1) is 10.5 Å². The van der Waals surface area contributed by atoms with Crippen LogP contribution in [-0.2, 0) is 16.4 Å². The van der Waals surface area contributed by atoms with Gasteiger partial charge in [-0.3, -0.25) is 4.79 Å². The van der Waals surface area contributed by atoms with Gasteiger partial charge in [0.15, 0.2) is 0 Å². The molecule has 0 aromatic heterocycles. The van der Waals surface area contributed by atoms with Crippen molar-refractivity contribution in [2.45, 2.75) is 57.4 Å². The quantitative estimate of drug-likeness (QED) is 0.584. The average molecular weight is 458 g/mol. The molecule has 0 saturated carbocycles. The number of aryl methyl sites for hydroxylation is 1. The third kappa shape index (κ3) is 5.70. The van der Waals surface area contributed by atoms with Crippen molar-refractivity contribution >= 4 is 21.6 Å². The first-order valence-electron chi connectivity index (χ1n) is 11.6. The van der Waals surface area contributed by atoms with Gasteiger partial charge in [0.25, 0.3) is 5.91 Å².